The Kier molecular flexibility index (Phi) is 6.62. The minimum Gasteiger partial charge on any atom is -0.497 e. The van der Waals surface area contributed by atoms with E-state index in [1.54, 1.807) is 20.3 Å². The van der Waals surface area contributed by atoms with Crippen molar-refractivity contribution < 1.29 is 19.1 Å². The molecule has 3 aromatic rings. The molecule has 0 saturated carbocycles. The van der Waals surface area contributed by atoms with Crippen molar-refractivity contribution in [3.8, 4) is 11.5 Å². The molecule has 7 nitrogen and oxygen atoms in total. The van der Waals surface area contributed by atoms with Crippen molar-refractivity contribution in [2.24, 2.45) is 5.41 Å². The molecular weight excluding hydrogens is 554 g/mol. The lowest BCUT2D eigenvalue weighted by molar-refractivity contribution is -0.118. The van der Waals surface area contributed by atoms with Crippen LogP contribution in [0.4, 0.5) is 5.13 Å². The van der Waals surface area contributed by atoms with Crippen LogP contribution in [0.5, 0.6) is 11.5 Å². The van der Waals surface area contributed by atoms with E-state index >= 15 is 0 Å². The number of carbonyl (C=O) groups is 2. The van der Waals surface area contributed by atoms with Crippen LogP contribution >= 0.6 is 27.3 Å². The van der Waals surface area contributed by atoms with E-state index in [2.05, 4.69) is 45.4 Å². The van der Waals surface area contributed by atoms with Crippen molar-refractivity contribution in [1.29, 1.82) is 0 Å². The van der Waals surface area contributed by atoms with Crippen LogP contribution < -0.4 is 20.1 Å². The van der Waals surface area contributed by atoms with Gasteiger partial charge in [0.25, 0.3) is 5.91 Å². The summed E-state index contributed by atoms with van der Waals surface area (Å²) in [6.07, 6.45) is 1.12. The van der Waals surface area contributed by atoms with E-state index in [0.29, 0.717) is 46.3 Å². The van der Waals surface area contributed by atoms with Crippen LogP contribution in [0.1, 0.15) is 45.1 Å². The number of methoxy groups -OCH3 is 2. The molecule has 192 valence electrons. The minimum absolute atomic E-state index is 0.0317. The summed E-state index contributed by atoms with van der Waals surface area (Å²) in [6.45, 7) is 6.06. The second-order valence-electron chi connectivity index (χ2n) is 10.1. The largest absolute Gasteiger partial charge is 0.497 e. The van der Waals surface area contributed by atoms with Gasteiger partial charge in [-0.1, -0.05) is 47.2 Å². The zero-order valence-electron chi connectivity index (χ0n) is 21.3. The molecule has 1 amide bonds. The predicted octanol–water partition coefficient (Wildman–Crippen LogP) is 6.32. The number of dihydropyridines is 1. The van der Waals surface area contributed by atoms with Crippen molar-refractivity contribution in [3.05, 3.63) is 69.0 Å². The number of nitrogens with zero attached hydrogens (tertiary/aromatic N) is 1. The molecule has 1 aliphatic heterocycles. The van der Waals surface area contributed by atoms with Crippen molar-refractivity contribution in [1.82, 2.24) is 10.3 Å². The van der Waals surface area contributed by atoms with Gasteiger partial charge in [-0.2, -0.15) is 0 Å². The number of ketones is 1. The van der Waals surface area contributed by atoms with E-state index < -0.39 is 5.92 Å². The van der Waals surface area contributed by atoms with Gasteiger partial charge in [0.2, 0.25) is 0 Å². The number of ether oxygens (including phenoxy) is 2. The van der Waals surface area contributed by atoms with Crippen LogP contribution in [0.15, 0.2) is 63.4 Å². The number of benzene rings is 2. The van der Waals surface area contributed by atoms with Crippen molar-refractivity contribution in [2.45, 2.75) is 39.5 Å². The average Bonchev–Trinajstić information content (AvgIpc) is 3.22. The molecule has 1 atom stereocenters. The molecule has 2 N–H and O–H groups in total. The van der Waals surface area contributed by atoms with E-state index in [9.17, 15) is 9.59 Å². The standard InChI is InChI=1S/C28H28BrN3O4S/c1-14-23(26(34)32-27-31-18-10-15(29)6-9-22(18)37-27)24(17-8-7-16(35-4)11-21(17)36-5)25-19(30-14)12-28(2,3)13-20(25)33/h6-11,24,30H,12-13H2,1-5H3,(H,31,32,34)/t24-/m1/s1. The topological polar surface area (TPSA) is 89.5 Å². The Morgan fingerprint density at radius 3 is 2.68 bits per heavy atom. The Hall–Kier alpha value is -3.17. The highest BCUT2D eigenvalue weighted by atomic mass is 79.9. The number of rotatable bonds is 5. The van der Waals surface area contributed by atoms with Gasteiger partial charge in [0.15, 0.2) is 10.9 Å². The Bertz CT molecular complexity index is 1500. The second-order valence-corrected chi connectivity index (χ2v) is 12.1. The first-order valence-corrected chi connectivity index (χ1v) is 13.5. The number of aromatic nitrogens is 1. The van der Waals surface area contributed by atoms with Gasteiger partial charge >= 0.3 is 0 Å². The van der Waals surface area contributed by atoms with E-state index in [4.69, 9.17) is 9.47 Å². The Balaban J connectivity index is 1.61. The lowest BCUT2D eigenvalue weighted by Gasteiger charge is -2.39. The summed E-state index contributed by atoms with van der Waals surface area (Å²) >= 11 is 4.88. The first-order chi connectivity index (χ1) is 17.6. The van der Waals surface area contributed by atoms with E-state index in [1.165, 1.54) is 11.3 Å². The predicted molar refractivity (Wildman–Crippen MR) is 149 cm³/mol. The lowest BCUT2D eigenvalue weighted by atomic mass is 9.68. The molecule has 0 radical (unpaired) electrons. The fourth-order valence-electron chi connectivity index (χ4n) is 5.22. The Morgan fingerprint density at radius 2 is 1.95 bits per heavy atom. The first-order valence-electron chi connectivity index (χ1n) is 11.9. The number of allylic oxidation sites excluding steroid dienone is 3. The van der Waals surface area contributed by atoms with Gasteiger partial charge in [0.05, 0.1) is 30.4 Å². The quantitative estimate of drug-likeness (QED) is 0.366. The van der Waals surface area contributed by atoms with E-state index in [-0.39, 0.29) is 17.1 Å². The highest BCUT2D eigenvalue weighted by molar-refractivity contribution is 9.10. The maximum atomic E-state index is 13.9. The van der Waals surface area contributed by atoms with Crippen molar-refractivity contribution in [3.63, 3.8) is 0 Å². The number of anilines is 1. The fourth-order valence-corrected chi connectivity index (χ4v) is 6.41. The molecule has 5 rings (SSSR count). The van der Waals surface area contributed by atoms with E-state index in [1.807, 2.05) is 37.3 Å². The number of hydrogen-bond donors (Lipinski definition) is 2. The summed E-state index contributed by atoms with van der Waals surface area (Å²) in [5.74, 6) is 0.314. The fraction of sp³-hybridized carbons (Fsp3) is 0.321. The molecule has 0 bridgehead atoms. The van der Waals surface area contributed by atoms with Gasteiger partial charge in [0.1, 0.15) is 11.5 Å². The maximum Gasteiger partial charge on any atom is 0.256 e. The smallest absolute Gasteiger partial charge is 0.256 e. The first kappa shape index (κ1) is 25.5. The van der Waals surface area contributed by atoms with Crippen LogP contribution in [0.2, 0.25) is 0 Å². The van der Waals surface area contributed by atoms with Crippen molar-refractivity contribution >= 4 is 54.3 Å². The second kappa shape index (κ2) is 9.61. The molecule has 2 aliphatic rings. The monoisotopic (exact) mass is 581 g/mol. The number of Topliss-reactive ketones (excluding diaryl/α,β-unsaturated/α-hetero) is 1. The number of carbonyl (C=O) groups excluding carboxylic acids is 2. The van der Waals surface area contributed by atoms with E-state index in [0.717, 1.165) is 25.9 Å². The summed E-state index contributed by atoms with van der Waals surface area (Å²) in [5.41, 5.74) is 4.01. The Morgan fingerprint density at radius 1 is 1.16 bits per heavy atom. The molecule has 1 aliphatic carbocycles. The molecule has 0 unspecified atom stereocenters. The van der Waals surface area contributed by atoms with Gasteiger partial charge in [-0.25, -0.2) is 4.98 Å². The Labute approximate surface area is 228 Å². The number of halogens is 1. The molecule has 2 heterocycles. The average molecular weight is 583 g/mol. The summed E-state index contributed by atoms with van der Waals surface area (Å²) in [5, 5.41) is 6.89. The summed E-state index contributed by atoms with van der Waals surface area (Å²) in [4.78, 5) is 32.1. The molecular formula is C28H28BrN3O4S. The summed E-state index contributed by atoms with van der Waals surface area (Å²) < 4.78 is 13.0. The van der Waals surface area contributed by atoms with Crippen LogP contribution in [-0.2, 0) is 9.59 Å². The van der Waals surface area contributed by atoms with Crippen molar-refractivity contribution in [2.75, 3.05) is 19.5 Å². The number of hydrogen-bond acceptors (Lipinski definition) is 7. The third kappa shape index (κ3) is 4.78. The highest BCUT2D eigenvalue weighted by Gasteiger charge is 2.43. The number of amides is 1. The van der Waals surface area contributed by atoms with Gasteiger partial charge in [-0.15, -0.1) is 0 Å². The molecule has 1 aromatic heterocycles. The molecule has 0 fully saturated rings. The normalized spacial score (nSPS) is 19.0. The van der Waals surface area contributed by atoms with Gasteiger partial charge in [-0.05, 0) is 43.0 Å². The molecule has 2 aromatic carbocycles. The molecule has 0 spiro atoms. The van der Waals surface area contributed by atoms with Gasteiger partial charge in [-0.3, -0.25) is 14.9 Å². The van der Waals surface area contributed by atoms with Gasteiger partial charge in [0, 0.05) is 45.1 Å². The van der Waals surface area contributed by atoms with Crippen LogP contribution in [0.3, 0.4) is 0 Å². The number of nitrogens with one attached hydrogen (secondary N) is 2. The lowest BCUT2D eigenvalue weighted by Crippen LogP contribution is -2.39. The van der Waals surface area contributed by atoms with Crippen LogP contribution in [-0.4, -0.2) is 30.9 Å². The number of thiazole rings is 1. The maximum absolute atomic E-state index is 13.9. The highest BCUT2D eigenvalue weighted by Crippen LogP contribution is 2.49. The number of fused-ring (bicyclic) bond motifs is 1. The summed E-state index contributed by atoms with van der Waals surface area (Å²) in [6, 6.07) is 11.3. The van der Waals surface area contributed by atoms with Gasteiger partial charge < -0.3 is 14.8 Å². The van der Waals surface area contributed by atoms with Crippen LogP contribution in [0, 0.1) is 5.41 Å². The zero-order valence-corrected chi connectivity index (χ0v) is 23.7. The molecule has 9 heteroatoms. The third-order valence-corrected chi connectivity index (χ3v) is 8.25. The SMILES string of the molecule is COc1ccc([C@@H]2C(C(=O)Nc3nc4cc(Br)ccc4s3)=C(C)NC3=C2C(=O)CC(C)(C)C3)c(OC)c1. The van der Waals surface area contributed by atoms with Crippen LogP contribution in [0.25, 0.3) is 10.2 Å². The zero-order chi connectivity index (χ0) is 26.5. The summed E-state index contributed by atoms with van der Waals surface area (Å²) in [7, 11) is 3.17. The minimum atomic E-state index is -0.593. The third-order valence-electron chi connectivity index (χ3n) is 6.81. The molecule has 0 saturated heterocycles. The molecule has 37 heavy (non-hydrogen) atoms.